The van der Waals surface area contributed by atoms with E-state index in [0.29, 0.717) is 10.6 Å². The number of nitrogens with zero attached hydrogens (tertiary/aromatic N) is 2. The average molecular weight is 360 g/mol. The van der Waals surface area contributed by atoms with Crippen LogP contribution in [0.2, 0.25) is 0 Å². The third-order valence-corrected chi connectivity index (χ3v) is 5.23. The Balaban J connectivity index is 2.09. The fourth-order valence-corrected chi connectivity index (χ4v) is 3.97. The number of aliphatic carboxylic acids is 1. The van der Waals surface area contributed by atoms with Crippen LogP contribution in [0.4, 0.5) is 4.39 Å². The number of carbonyl (C=O) groups is 3. The number of Topliss-reactive ketones (excluding diaryl/α,β-unsaturated/α-hetero) is 1. The number of fused-ring (bicyclic) bond motifs is 1. The van der Waals surface area contributed by atoms with Gasteiger partial charge in [0.1, 0.15) is 10.9 Å². The molecule has 0 radical (unpaired) electrons. The number of carbonyl (C=O) groups excluding carboxylic acids is 2. The van der Waals surface area contributed by atoms with Gasteiger partial charge in [-0.1, -0.05) is 0 Å². The van der Waals surface area contributed by atoms with Crippen molar-refractivity contribution in [3.63, 3.8) is 0 Å². The predicted octanol–water partition coefficient (Wildman–Crippen LogP) is 2.78. The van der Waals surface area contributed by atoms with E-state index in [1.54, 1.807) is 6.92 Å². The summed E-state index contributed by atoms with van der Waals surface area (Å²) in [5.41, 5.74) is 0.809. The molecule has 2 aliphatic rings. The Morgan fingerprint density at radius 1 is 1.52 bits per heavy atom. The van der Waals surface area contributed by atoms with E-state index in [4.69, 9.17) is 10.4 Å². The Bertz CT molecular complexity index is 906. The summed E-state index contributed by atoms with van der Waals surface area (Å²) in [6.07, 6.45) is -0.261. The van der Waals surface area contributed by atoms with Crippen LogP contribution in [0.3, 0.4) is 0 Å². The standard InChI is InChI=1S/C17H13FN2O4S/c1-8-11(5-14(22)23)15-12(2-3-13(21)16(15)18)20(8)17(24)9-4-10(6-19)25-7-9/h4,7,12H,2-3,5H2,1H3,(H,22,23). The Kier molecular flexibility index (Phi) is 4.27. The topological polar surface area (TPSA) is 98.5 Å². The monoisotopic (exact) mass is 360 g/mol. The summed E-state index contributed by atoms with van der Waals surface area (Å²) in [4.78, 5) is 37.5. The largest absolute Gasteiger partial charge is 0.481 e. The van der Waals surface area contributed by atoms with E-state index in [9.17, 15) is 18.8 Å². The first kappa shape index (κ1) is 17.0. The number of amides is 1. The number of hydrogen-bond acceptors (Lipinski definition) is 5. The molecule has 3 rings (SSSR count). The van der Waals surface area contributed by atoms with Crippen LogP contribution in [0, 0.1) is 11.3 Å². The summed E-state index contributed by atoms with van der Waals surface area (Å²) in [6.45, 7) is 1.55. The summed E-state index contributed by atoms with van der Waals surface area (Å²) in [6, 6.07) is 2.71. The predicted molar refractivity (Wildman–Crippen MR) is 86.3 cm³/mol. The van der Waals surface area contributed by atoms with Crippen LogP contribution >= 0.6 is 11.3 Å². The zero-order chi connectivity index (χ0) is 18.3. The minimum atomic E-state index is -1.16. The van der Waals surface area contributed by atoms with Gasteiger partial charge in [0, 0.05) is 23.1 Å². The lowest BCUT2D eigenvalue weighted by molar-refractivity contribution is -0.136. The molecule has 0 saturated heterocycles. The van der Waals surface area contributed by atoms with Crippen LogP contribution in [0.1, 0.15) is 41.4 Å². The molecule has 0 spiro atoms. The van der Waals surface area contributed by atoms with Gasteiger partial charge in [0.2, 0.25) is 0 Å². The van der Waals surface area contributed by atoms with E-state index in [-0.39, 0.29) is 29.6 Å². The van der Waals surface area contributed by atoms with Gasteiger partial charge in [0.15, 0.2) is 11.6 Å². The molecule has 25 heavy (non-hydrogen) atoms. The van der Waals surface area contributed by atoms with Crippen molar-refractivity contribution in [1.29, 1.82) is 5.26 Å². The van der Waals surface area contributed by atoms with E-state index >= 15 is 0 Å². The van der Waals surface area contributed by atoms with Crippen molar-refractivity contribution in [1.82, 2.24) is 4.90 Å². The van der Waals surface area contributed by atoms with Crippen molar-refractivity contribution >= 4 is 29.0 Å². The molecule has 1 atom stereocenters. The van der Waals surface area contributed by atoms with Gasteiger partial charge >= 0.3 is 5.97 Å². The summed E-state index contributed by atoms with van der Waals surface area (Å²) >= 11 is 1.12. The minimum absolute atomic E-state index is 0.0141. The van der Waals surface area contributed by atoms with Gasteiger partial charge in [0.05, 0.1) is 18.0 Å². The molecule has 0 aromatic carbocycles. The van der Waals surface area contributed by atoms with Crippen molar-refractivity contribution in [3.8, 4) is 6.07 Å². The summed E-state index contributed by atoms with van der Waals surface area (Å²) < 4.78 is 14.4. The van der Waals surface area contributed by atoms with Gasteiger partial charge < -0.3 is 10.0 Å². The second kappa shape index (κ2) is 6.26. The third kappa shape index (κ3) is 2.76. The Morgan fingerprint density at radius 3 is 2.84 bits per heavy atom. The van der Waals surface area contributed by atoms with Crippen molar-refractivity contribution in [2.75, 3.05) is 0 Å². The zero-order valence-electron chi connectivity index (χ0n) is 13.2. The molecule has 2 heterocycles. The summed E-state index contributed by atoms with van der Waals surface area (Å²) in [7, 11) is 0. The normalized spacial score (nSPS) is 20.0. The molecule has 1 aromatic heterocycles. The molecule has 8 heteroatoms. The second-order valence-corrected chi connectivity index (χ2v) is 6.74. The molecule has 0 saturated carbocycles. The fourth-order valence-electron chi connectivity index (χ4n) is 3.30. The van der Waals surface area contributed by atoms with E-state index in [0.717, 1.165) is 11.3 Å². The highest BCUT2D eigenvalue weighted by Crippen LogP contribution is 2.43. The molecule has 6 nitrogen and oxygen atoms in total. The molecule has 1 aliphatic heterocycles. The lowest BCUT2D eigenvalue weighted by Gasteiger charge is -2.29. The molecule has 1 N–H and O–H groups in total. The lowest BCUT2D eigenvalue weighted by atomic mass is 9.88. The second-order valence-electron chi connectivity index (χ2n) is 5.83. The maximum Gasteiger partial charge on any atom is 0.307 e. The van der Waals surface area contributed by atoms with Gasteiger partial charge in [0.25, 0.3) is 5.91 Å². The van der Waals surface area contributed by atoms with Crippen molar-refractivity contribution in [2.45, 2.75) is 32.2 Å². The number of thiophene rings is 1. The number of hydrogen-bond donors (Lipinski definition) is 1. The van der Waals surface area contributed by atoms with E-state index < -0.39 is 35.9 Å². The first-order chi connectivity index (χ1) is 11.8. The van der Waals surface area contributed by atoms with Crippen molar-refractivity contribution < 1.29 is 23.9 Å². The lowest BCUT2D eigenvalue weighted by Crippen LogP contribution is -2.38. The van der Waals surface area contributed by atoms with Crippen LogP contribution in [-0.2, 0) is 9.59 Å². The quantitative estimate of drug-likeness (QED) is 0.894. The van der Waals surface area contributed by atoms with E-state index in [2.05, 4.69) is 0 Å². The van der Waals surface area contributed by atoms with E-state index in [1.165, 1.54) is 16.3 Å². The van der Waals surface area contributed by atoms with Crippen molar-refractivity contribution in [2.24, 2.45) is 0 Å². The molecule has 1 aromatic rings. The maximum absolute atomic E-state index is 14.4. The van der Waals surface area contributed by atoms with Gasteiger partial charge in [-0.2, -0.15) is 5.26 Å². The molecule has 1 amide bonds. The zero-order valence-corrected chi connectivity index (χ0v) is 14.0. The van der Waals surface area contributed by atoms with Crippen LogP contribution in [0.25, 0.3) is 0 Å². The van der Waals surface area contributed by atoms with Crippen LogP contribution in [-0.4, -0.2) is 33.7 Å². The van der Waals surface area contributed by atoms with E-state index in [1.807, 2.05) is 6.07 Å². The smallest absolute Gasteiger partial charge is 0.307 e. The molecule has 128 valence electrons. The molecule has 1 unspecified atom stereocenters. The van der Waals surface area contributed by atoms with Gasteiger partial charge in [-0.15, -0.1) is 11.3 Å². The number of ketones is 1. The number of carboxylic acid groups (broad SMARTS) is 1. The Morgan fingerprint density at radius 2 is 2.24 bits per heavy atom. The van der Waals surface area contributed by atoms with Gasteiger partial charge in [-0.05, 0) is 25.0 Å². The highest BCUT2D eigenvalue weighted by atomic mass is 32.1. The number of halogens is 1. The summed E-state index contributed by atoms with van der Waals surface area (Å²) in [5, 5.41) is 19.6. The number of nitriles is 1. The number of carboxylic acids is 1. The highest BCUT2D eigenvalue weighted by molar-refractivity contribution is 7.10. The minimum Gasteiger partial charge on any atom is -0.481 e. The molecular weight excluding hydrogens is 347 g/mol. The third-order valence-electron chi connectivity index (χ3n) is 4.40. The average Bonchev–Trinajstić information content (AvgIpc) is 3.14. The summed E-state index contributed by atoms with van der Waals surface area (Å²) in [5.74, 6) is -3.22. The highest BCUT2D eigenvalue weighted by Gasteiger charge is 2.44. The van der Waals surface area contributed by atoms with Gasteiger partial charge in [-0.25, -0.2) is 4.39 Å². The molecular formula is C17H13FN2O4S. The Hall–Kier alpha value is -2.79. The number of rotatable bonds is 3. The van der Waals surface area contributed by atoms with Crippen LogP contribution in [0.5, 0.6) is 0 Å². The van der Waals surface area contributed by atoms with Crippen molar-refractivity contribution in [3.05, 3.63) is 44.6 Å². The van der Waals surface area contributed by atoms with Crippen LogP contribution < -0.4 is 0 Å². The van der Waals surface area contributed by atoms with Crippen LogP contribution in [0.15, 0.2) is 34.1 Å². The fraction of sp³-hybridized carbons (Fsp3) is 0.294. The maximum atomic E-state index is 14.4. The molecule has 0 bridgehead atoms. The first-order valence-electron chi connectivity index (χ1n) is 7.52. The molecule has 1 aliphatic carbocycles. The Labute approximate surface area is 146 Å². The molecule has 0 fully saturated rings. The first-order valence-corrected chi connectivity index (χ1v) is 8.40. The van der Waals surface area contributed by atoms with Gasteiger partial charge in [-0.3, -0.25) is 14.4 Å². The SMILES string of the molecule is CC1=C(CC(=O)O)C2=C(F)C(=O)CCC2N1C(=O)c1csc(C#N)c1. The number of allylic oxidation sites excluding steroid dienone is 2.